The molecule has 0 aliphatic carbocycles. The van der Waals surface area contributed by atoms with Crippen LogP contribution in [0.3, 0.4) is 0 Å². The van der Waals surface area contributed by atoms with Crippen LogP contribution in [0.25, 0.3) is 0 Å². The molecule has 0 bridgehead atoms. The third-order valence-corrected chi connectivity index (χ3v) is 9.63. The minimum atomic E-state index is -1.22. The average Bonchev–Trinajstić information content (AvgIpc) is 3.76. The summed E-state index contributed by atoms with van der Waals surface area (Å²) in [5.41, 5.74) is -1.32. The first-order valence-electron chi connectivity index (χ1n) is 16.9. The molecular weight excluding hydrogens is 660 g/mol. The maximum Gasteiger partial charge on any atom is 0.511 e. The van der Waals surface area contributed by atoms with Gasteiger partial charge >= 0.3 is 6.16 Å². The summed E-state index contributed by atoms with van der Waals surface area (Å²) in [5.74, 6) is -3.71. The Bertz CT molecular complexity index is 1670. The molecule has 3 saturated heterocycles. The van der Waals surface area contributed by atoms with Crippen molar-refractivity contribution in [3.63, 3.8) is 0 Å². The molecule has 0 saturated carbocycles. The molecule has 270 valence electrons. The van der Waals surface area contributed by atoms with Crippen LogP contribution >= 0.6 is 0 Å². The molecule has 2 aromatic rings. The van der Waals surface area contributed by atoms with E-state index in [0.717, 1.165) is 45.3 Å². The van der Waals surface area contributed by atoms with Gasteiger partial charge in [-0.15, -0.1) is 0 Å². The Kier molecular flexibility index (Phi) is 11.1. The lowest BCUT2D eigenvalue weighted by Crippen LogP contribution is -2.51. The number of Topliss-reactive ketones (excluding diaryl/α,β-unsaturated/α-hetero) is 1. The first kappa shape index (κ1) is 35.4. The van der Waals surface area contributed by atoms with E-state index in [1.165, 1.54) is 34.6 Å². The first-order valence-corrected chi connectivity index (χ1v) is 16.9. The number of pyridine rings is 1. The zero-order chi connectivity index (χ0) is 35.4. The number of amides is 2. The highest BCUT2D eigenvalue weighted by Gasteiger charge is 2.43. The number of fused-ring (bicyclic) bond motifs is 2. The van der Waals surface area contributed by atoms with Crippen LogP contribution < -0.4 is 10.2 Å². The van der Waals surface area contributed by atoms with E-state index < -0.39 is 60.3 Å². The minimum Gasteiger partial charge on any atom is -0.451 e. The molecule has 0 spiro atoms. The van der Waals surface area contributed by atoms with E-state index in [2.05, 4.69) is 9.80 Å². The number of ketones is 1. The van der Waals surface area contributed by atoms with Crippen molar-refractivity contribution in [3.8, 4) is 5.75 Å². The summed E-state index contributed by atoms with van der Waals surface area (Å²) >= 11 is 0. The molecule has 0 unspecified atom stereocenters. The molecule has 0 radical (unpaired) electrons. The number of halogens is 2. The van der Waals surface area contributed by atoms with Crippen molar-refractivity contribution in [2.45, 2.75) is 51.4 Å². The van der Waals surface area contributed by atoms with Crippen molar-refractivity contribution >= 4 is 23.8 Å². The number of carbonyl (C=O) groups is 4. The molecular formula is C34H41F2N5O9. The lowest BCUT2D eigenvalue weighted by atomic mass is 10.0. The predicted octanol–water partition coefficient (Wildman–Crippen LogP) is 1.87. The standard InChI is InChI=1S/C34H41F2N5O9/c1-22-19-47-29-18-40-17-25(27(42)7-5-23-4-6-24(35)16-26(23)36)31(44)32(30(40)33(45)41(22)29)49-21-50-34(46)48-20-28(43)39-14-12-38(13-15-39)11-10-37-8-2-3-9-37/h4,6,16-17,22,29H,2-3,5,7-15,18-21H2,1H3/t22-,29+/m0/s1. The van der Waals surface area contributed by atoms with Crippen LogP contribution in [0.15, 0.2) is 29.2 Å². The van der Waals surface area contributed by atoms with Gasteiger partial charge in [-0.1, -0.05) is 6.07 Å². The van der Waals surface area contributed by atoms with Gasteiger partial charge in [0.25, 0.3) is 11.8 Å². The topological polar surface area (TPSA) is 140 Å². The normalized spacial score (nSPS) is 20.8. The molecule has 6 rings (SSSR count). The molecule has 2 atom stereocenters. The predicted molar refractivity (Wildman–Crippen MR) is 172 cm³/mol. The number of aromatic nitrogens is 1. The van der Waals surface area contributed by atoms with E-state index in [0.29, 0.717) is 19.2 Å². The van der Waals surface area contributed by atoms with Gasteiger partial charge in [0.1, 0.15) is 11.6 Å². The van der Waals surface area contributed by atoms with E-state index in [-0.39, 0.29) is 54.8 Å². The molecule has 4 aliphatic rings. The van der Waals surface area contributed by atoms with E-state index >= 15 is 0 Å². The molecule has 16 heteroatoms. The number of piperazine rings is 1. The third kappa shape index (κ3) is 7.97. The van der Waals surface area contributed by atoms with Crippen molar-refractivity contribution in [2.24, 2.45) is 0 Å². The summed E-state index contributed by atoms with van der Waals surface area (Å²) < 4.78 is 50.1. The van der Waals surface area contributed by atoms with Crippen LogP contribution in [-0.4, -0.2) is 133 Å². The fourth-order valence-electron chi connectivity index (χ4n) is 6.80. The van der Waals surface area contributed by atoms with Gasteiger partial charge in [-0.05, 0) is 50.9 Å². The van der Waals surface area contributed by atoms with Crippen LogP contribution in [0.5, 0.6) is 5.75 Å². The highest BCUT2D eigenvalue weighted by molar-refractivity contribution is 6.00. The van der Waals surface area contributed by atoms with Gasteiger partial charge < -0.3 is 38.2 Å². The number of likely N-dealkylation sites (tertiary alicyclic amines) is 1. The minimum absolute atomic E-state index is 0.0899. The monoisotopic (exact) mass is 701 g/mol. The maximum atomic E-state index is 14.2. The summed E-state index contributed by atoms with van der Waals surface area (Å²) in [6.07, 6.45) is 1.45. The average molecular weight is 702 g/mol. The summed E-state index contributed by atoms with van der Waals surface area (Å²) in [6, 6.07) is 2.71. The SMILES string of the molecule is C[C@H]1CO[C@@H]2Cn3cc(C(=O)CCc4ccc(F)cc4F)c(=O)c(OCOC(=O)OCC(=O)N4CCN(CCN5CCCC5)CC4)c3C(=O)N12. The Morgan fingerprint density at radius 2 is 1.68 bits per heavy atom. The Balaban J connectivity index is 1.05. The molecule has 5 heterocycles. The molecule has 4 aliphatic heterocycles. The van der Waals surface area contributed by atoms with E-state index in [9.17, 15) is 32.8 Å². The lowest BCUT2D eigenvalue weighted by molar-refractivity contribution is -0.137. The number of benzene rings is 1. The number of hydrogen-bond donors (Lipinski definition) is 0. The van der Waals surface area contributed by atoms with Crippen LogP contribution in [0.2, 0.25) is 0 Å². The Morgan fingerprint density at radius 3 is 2.40 bits per heavy atom. The van der Waals surface area contributed by atoms with Gasteiger partial charge in [0.2, 0.25) is 18.0 Å². The smallest absolute Gasteiger partial charge is 0.451 e. The van der Waals surface area contributed by atoms with Gasteiger partial charge in [0.05, 0.1) is 24.8 Å². The summed E-state index contributed by atoms with van der Waals surface area (Å²) in [4.78, 5) is 73.3. The van der Waals surface area contributed by atoms with E-state index in [4.69, 9.17) is 18.9 Å². The Labute approximate surface area is 287 Å². The van der Waals surface area contributed by atoms with Crippen molar-refractivity contribution in [2.75, 3.05) is 72.4 Å². The first-order chi connectivity index (χ1) is 24.1. The molecule has 0 N–H and O–H groups in total. The fourth-order valence-corrected chi connectivity index (χ4v) is 6.80. The fraction of sp³-hybridized carbons (Fsp3) is 0.559. The molecule has 1 aromatic carbocycles. The number of aryl methyl sites for hydroxylation is 1. The number of rotatable bonds is 12. The Hall–Kier alpha value is -4.41. The number of hydrogen-bond acceptors (Lipinski definition) is 11. The van der Waals surface area contributed by atoms with Crippen molar-refractivity contribution in [1.82, 2.24) is 24.2 Å². The van der Waals surface area contributed by atoms with E-state index in [1.54, 1.807) is 11.8 Å². The van der Waals surface area contributed by atoms with Crippen LogP contribution in [0, 0.1) is 11.6 Å². The second kappa shape index (κ2) is 15.6. The summed E-state index contributed by atoms with van der Waals surface area (Å²) in [6.45, 7) is 7.45. The highest BCUT2D eigenvalue weighted by atomic mass is 19.1. The Morgan fingerprint density at radius 1 is 0.960 bits per heavy atom. The van der Waals surface area contributed by atoms with Crippen LogP contribution in [0.1, 0.15) is 52.6 Å². The van der Waals surface area contributed by atoms with Crippen molar-refractivity contribution < 1.29 is 46.9 Å². The molecule has 50 heavy (non-hydrogen) atoms. The van der Waals surface area contributed by atoms with Crippen molar-refractivity contribution in [3.05, 3.63) is 63.1 Å². The van der Waals surface area contributed by atoms with Gasteiger partial charge in [-0.3, -0.25) is 24.1 Å². The van der Waals surface area contributed by atoms with E-state index in [1.807, 2.05) is 0 Å². The van der Waals surface area contributed by atoms with Crippen LogP contribution in [0.4, 0.5) is 13.6 Å². The number of nitrogens with zero attached hydrogens (tertiary/aromatic N) is 5. The number of carbonyl (C=O) groups excluding carboxylic acids is 4. The quantitative estimate of drug-likeness (QED) is 0.182. The van der Waals surface area contributed by atoms with Gasteiger partial charge in [-0.2, -0.15) is 0 Å². The third-order valence-electron chi connectivity index (χ3n) is 9.63. The second-order valence-electron chi connectivity index (χ2n) is 12.9. The molecule has 2 amide bonds. The van der Waals surface area contributed by atoms with Crippen LogP contribution in [-0.2, 0) is 32.0 Å². The zero-order valence-corrected chi connectivity index (χ0v) is 27.9. The molecule has 1 aromatic heterocycles. The maximum absolute atomic E-state index is 14.2. The molecule has 3 fully saturated rings. The number of ether oxygens (including phenoxy) is 4. The molecule has 14 nitrogen and oxygen atoms in total. The highest BCUT2D eigenvalue weighted by Crippen LogP contribution is 2.30. The summed E-state index contributed by atoms with van der Waals surface area (Å²) in [5, 5.41) is 0. The second-order valence-corrected chi connectivity index (χ2v) is 12.9. The summed E-state index contributed by atoms with van der Waals surface area (Å²) in [7, 11) is 0. The lowest BCUT2D eigenvalue weighted by Gasteiger charge is -2.35. The van der Waals surface area contributed by atoms with Gasteiger partial charge in [-0.25, -0.2) is 13.6 Å². The zero-order valence-electron chi connectivity index (χ0n) is 27.9. The van der Waals surface area contributed by atoms with Gasteiger partial charge in [0, 0.05) is 58.0 Å². The van der Waals surface area contributed by atoms with Gasteiger partial charge in [0.15, 0.2) is 24.3 Å². The largest absolute Gasteiger partial charge is 0.511 e. The van der Waals surface area contributed by atoms with Crippen molar-refractivity contribution in [1.29, 1.82) is 0 Å².